The van der Waals surface area contributed by atoms with Crippen LogP contribution in [0.2, 0.25) is 5.02 Å². The van der Waals surface area contributed by atoms with Crippen molar-refractivity contribution in [3.05, 3.63) is 88.9 Å². The molecule has 0 spiro atoms. The van der Waals surface area contributed by atoms with Crippen molar-refractivity contribution in [2.75, 3.05) is 15.5 Å². The summed E-state index contributed by atoms with van der Waals surface area (Å²) in [5, 5.41) is 17.5. The summed E-state index contributed by atoms with van der Waals surface area (Å²) in [5.41, 5.74) is 1.82. The van der Waals surface area contributed by atoms with Crippen LogP contribution in [0.25, 0.3) is 0 Å². The quantitative estimate of drug-likeness (QED) is 0.423. The van der Waals surface area contributed by atoms with E-state index in [1.54, 1.807) is 54.6 Å². The molecule has 1 aliphatic heterocycles. The summed E-state index contributed by atoms with van der Waals surface area (Å²) in [4.78, 5) is 51.5. The molecule has 0 bridgehead atoms. The average molecular weight is 493 g/mol. The molecule has 9 nitrogen and oxygen atoms in total. The summed E-state index contributed by atoms with van der Waals surface area (Å²) in [6.07, 6.45) is 0. The molecule has 1 heterocycles. The van der Waals surface area contributed by atoms with Crippen LogP contribution in [0.5, 0.6) is 0 Å². The molecule has 1 aliphatic rings. The molecule has 3 aromatic rings. The van der Waals surface area contributed by atoms with E-state index in [4.69, 9.17) is 16.7 Å². The highest BCUT2D eigenvalue weighted by atomic mass is 35.5. The number of carboxylic acid groups (broad SMARTS) is 1. The molecule has 0 aromatic heterocycles. The Morgan fingerprint density at radius 3 is 2.37 bits per heavy atom. The maximum Gasteiger partial charge on any atom is 0.327 e. The molecule has 0 aliphatic carbocycles. The van der Waals surface area contributed by atoms with Crippen molar-refractivity contribution in [2.45, 2.75) is 19.0 Å². The average Bonchev–Trinajstić information content (AvgIpc) is 2.84. The molecule has 0 saturated heterocycles. The Morgan fingerprint density at radius 1 is 1.03 bits per heavy atom. The monoisotopic (exact) mass is 492 g/mol. The van der Waals surface area contributed by atoms with Gasteiger partial charge in [0.1, 0.15) is 12.1 Å². The van der Waals surface area contributed by atoms with E-state index in [0.717, 1.165) is 0 Å². The minimum absolute atomic E-state index is 0.133. The highest BCUT2D eigenvalue weighted by Crippen LogP contribution is 2.39. The van der Waals surface area contributed by atoms with Crippen LogP contribution in [0.1, 0.15) is 28.9 Å². The number of urea groups is 1. The number of anilines is 3. The topological polar surface area (TPSA) is 128 Å². The smallest absolute Gasteiger partial charge is 0.327 e. The van der Waals surface area contributed by atoms with Gasteiger partial charge in [-0.3, -0.25) is 19.3 Å². The maximum atomic E-state index is 13.4. The SMILES string of the molecule is CC(NC(=O)c1ccc2c(c1)NC(=O)C(c1ccccc1)N2C(=O)Nc1ccc(Cl)cc1)C(=O)O. The number of nitrogens with one attached hydrogen (secondary N) is 3. The summed E-state index contributed by atoms with van der Waals surface area (Å²) in [6, 6.07) is 17.1. The highest BCUT2D eigenvalue weighted by Gasteiger charge is 2.38. The summed E-state index contributed by atoms with van der Waals surface area (Å²) in [6.45, 7) is 1.34. The molecule has 4 amide bonds. The third-order valence-electron chi connectivity index (χ3n) is 5.43. The van der Waals surface area contributed by atoms with Crippen molar-refractivity contribution in [1.82, 2.24) is 5.32 Å². The van der Waals surface area contributed by atoms with Crippen LogP contribution >= 0.6 is 11.6 Å². The van der Waals surface area contributed by atoms with E-state index in [1.807, 2.05) is 0 Å². The van der Waals surface area contributed by atoms with Crippen molar-refractivity contribution in [3.63, 3.8) is 0 Å². The third-order valence-corrected chi connectivity index (χ3v) is 5.68. The van der Waals surface area contributed by atoms with E-state index in [2.05, 4.69) is 16.0 Å². The van der Waals surface area contributed by atoms with Crippen molar-refractivity contribution in [3.8, 4) is 0 Å². The lowest BCUT2D eigenvalue weighted by atomic mass is 9.99. The van der Waals surface area contributed by atoms with E-state index in [-0.39, 0.29) is 11.3 Å². The normalized spacial score (nSPS) is 15.4. The van der Waals surface area contributed by atoms with Gasteiger partial charge in [-0.15, -0.1) is 0 Å². The minimum atomic E-state index is -1.18. The van der Waals surface area contributed by atoms with Crippen LogP contribution in [-0.2, 0) is 9.59 Å². The number of aliphatic carboxylic acids is 1. The molecule has 0 radical (unpaired) electrons. The van der Waals surface area contributed by atoms with Crippen LogP contribution in [0.3, 0.4) is 0 Å². The van der Waals surface area contributed by atoms with Gasteiger partial charge in [-0.05, 0) is 55.0 Å². The Morgan fingerprint density at radius 2 is 1.71 bits per heavy atom. The Kier molecular flexibility index (Phi) is 6.70. The van der Waals surface area contributed by atoms with Crippen molar-refractivity contribution in [1.29, 1.82) is 0 Å². The second kappa shape index (κ2) is 9.86. The number of amides is 4. The number of nitrogens with zero attached hydrogens (tertiary/aromatic N) is 1. The molecule has 0 fully saturated rings. The molecule has 4 N–H and O–H groups in total. The lowest BCUT2D eigenvalue weighted by molar-refractivity contribution is -0.138. The van der Waals surface area contributed by atoms with Crippen molar-refractivity contribution in [2.24, 2.45) is 0 Å². The molecular formula is C25H21ClN4O5. The molecule has 2 unspecified atom stereocenters. The van der Waals surface area contributed by atoms with Crippen LogP contribution in [0.15, 0.2) is 72.8 Å². The van der Waals surface area contributed by atoms with E-state index < -0.39 is 35.9 Å². The molecule has 3 aromatic carbocycles. The number of hydrogen-bond acceptors (Lipinski definition) is 4. The van der Waals surface area contributed by atoms with Gasteiger partial charge in [0.15, 0.2) is 0 Å². The number of fused-ring (bicyclic) bond motifs is 1. The van der Waals surface area contributed by atoms with Crippen LogP contribution in [0, 0.1) is 0 Å². The predicted octanol–water partition coefficient (Wildman–Crippen LogP) is 4.27. The number of carboxylic acids is 1. The lowest BCUT2D eigenvalue weighted by Crippen LogP contribution is -2.47. The van der Waals surface area contributed by atoms with Crippen LogP contribution < -0.4 is 20.9 Å². The zero-order chi connectivity index (χ0) is 25.1. The Bertz CT molecular complexity index is 1300. The van der Waals surface area contributed by atoms with Crippen molar-refractivity contribution >= 4 is 52.5 Å². The maximum absolute atomic E-state index is 13.4. The minimum Gasteiger partial charge on any atom is -0.480 e. The first-order valence-corrected chi connectivity index (χ1v) is 11.0. The van der Waals surface area contributed by atoms with Gasteiger partial charge in [-0.2, -0.15) is 0 Å². The summed E-state index contributed by atoms with van der Waals surface area (Å²) < 4.78 is 0. The largest absolute Gasteiger partial charge is 0.480 e. The number of hydrogen-bond donors (Lipinski definition) is 4. The zero-order valence-electron chi connectivity index (χ0n) is 18.5. The van der Waals surface area contributed by atoms with E-state index in [0.29, 0.717) is 22.0 Å². The van der Waals surface area contributed by atoms with Gasteiger partial charge in [0.05, 0.1) is 11.4 Å². The fraction of sp³-hybridized carbons (Fsp3) is 0.120. The van der Waals surface area contributed by atoms with Gasteiger partial charge in [-0.1, -0.05) is 41.9 Å². The standard InChI is InChI=1S/C25H21ClN4O5/c1-14(24(33)34)27-22(31)16-7-12-20-19(13-16)29-23(32)21(15-5-3-2-4-6-15)30(20)25(35)28-18-10-8-17(26)9-11-18/h2-14,21H,1H3,(H,27,31)(H,28,35)(H,29,32)(H,33,34). The molecule has 10 heteroatoms. The fourth-order valence-corrected chi connectivity index (χ4v) is 3.79. The zero-order valence-corrected chi connectivity index (χ0v) is 19.2. The second-order valence-electron chi connectivity index (χ2n) is 7.87. The number of rotatable bonds is 5. The first-order valence-electron chi connectivity index (χ1n) is 10.6. The molecule has 35 heavy (non-hydrogen) atoms. The number of benzene rings is 3. The summed E-state index contributed by atoms with van der Waals surface area (Å²) in [7, 11) is 0. The molecule has 0 saturated carbocycles. The van der Waals surface area contributed by atoms with Gasteiger partial charge in [0.2, 0.25) is 0 Å². The van der Waals surface area contributed by atoms with Gasteiger partial charge in [0.25, 0.3) is 11.8 Å². The van der Waals surface area contributed by atoms with Gasteiger partial charge < -0.3 is 21.1 Å². The summed E-state index contributed by atoms with van der Waals surface area (Å²) >= 11 is 5.93. The number of carbonyl (C=O) groups excluding carboxylic acids is 3. The summed E-state index contributed by atoms with van der Waals surface area (Å²) in [5.74, 6) is -2.27. The van der Waals surface area contributed by atoms with Gasteiger partial charge in [-0.25, -0.2) is 4.79 Å². The molecule has 178 valence electrons. The Labute approximate surface area is 205 Å². The van der Waals surface area contributed by atoms with Crippen LogP contribution in [-0.4, -0.2) is 35.0 Å². The number of halogens is 1. The van der Waals surface area contributed by atoms with Crippen molar-refractivity contribution < 1.29 is 24.3 Å². The predicted molar refractivity (Wildman–Crippen MR) is 132 cm³/mol. The van der Waals surface area contributed by atoms with Gasteiger partial charge in [0, 0.05) is 16.3 Å². The van der Waals surface area contributed by atoms with E-state index in [1.165, 1.54) is 30.0 Å². The highest BCUT2D eigenvalue weighted by molar-refractivity contribution is 6.30. The first-order chi connectivity index (χ1) is 16.7. The molecule has 2 atom stereocenters. The number of carbonyl (C=O) groups is 4. The lowest BCUT2D eigenvalue weighted by Gasteiger charge is -2.36. The molecular weight excluding hydrogens is 472 g/mol. The second-order valence-corrected chi connectivity index (χ2v) is 8.31. The van der Waals surface area contributed by atoms with E-state index in [9.17, 15) is 19.2 Å². The third kappa shape index (κ3) is 5.10. The van der Waals surface area contributed by atoms with E-state index >= 15 is 0 Å². The van der Waals surface area contributed by atoms with Gasteiger partial charge >= 0.3 is 12.0 Å². The Balaban J connectivity index is 1.72. The Hall–Kier alpha value is -4.37. The molecule has 4 rings (SSSR count). The fourth-order valence-electron chi connectivity index (χ4n) is 3.67. The first kappa shape index (κ1) is 23.8. The van der Waals surface area contributed by atoms with Crippen LogP contribution in [0.4, 0.5) is 21.9 Å².